The van der Waals surface area contributed by atoms with Crippen molar-refractivity contribution < 1.29 is 0 Å². The number of benzene rings is 2. The zero-order valence-electron chi connectivity index (χ0n) is 12.1. The van der Waals surface area contributed by atoms with Crippen molar-refractivity contribution in [3.05, 3.63) is 70.7 Å². The van der Waals surface area contributed by atoms with Crippen LogP contribution < -0.4 is 4.90 Å². The molecule has 0 aliphatic carbocycles. The minimum Gasteiger partial charge on any atom is -0.372 e. The lowest BCUT2D eigenvalue weighted by atomic mass is 9.99. The summed E-state index contributed by atoms with van der Waals surface area (Å²) in [5.74, 6) is 0. The zero-order valence-corrected chi connectivity index (χ0v) is 13.7. The standard InChI is InChI=1S/C18H20BrN/c1-4-20(5-2)18-12-8-16(9-13-18)14(3)15-6-10-17(19)11-7-15/h6-13H,3-5H2,1-2H3. The van der Waals surface area contributed by atoms with Gasteiger partial charge in [-0.25, -0.2) is 0 Å². The molecule has 0 aromatic heterocycles. The van der Waals surface area contributed by atoms with Crippen LogP contribution in [0, 0.1) is 0 Å². The molecule has 0 bridgehead atoms. The predicted molar refractivity (Wildman–Crippen MR) is 92.3 cm³/mol. The summed E-state index contributed by atoms with van der Waals surface area (Å²) < 4.78 is 1.09. The van der Waals surface area contributed by atoms with Crippen LogP contribution in [0.3, 0.4) is 0 Å². The van der Waals surface area contributed by atoms with Gasteiger partial charge in [0.1, 0.15) is 0 Å². The highest BCUT2D eigenvalue weighted by Crippen LogP contribution is 2.25. The summed E-state index contributed by atoms with van der Waals surface area (Å²) in [4.78, 5) is 2.34. The summed E-state index contributed by atoms with van der Waals surface area (Å²) in [5, 5.41) is 0. The van der Waals surface area contributed by atoms with Gasteiger partial charge in [-0.15, -0.1) is 0 Å². The fraction of sp³-hybridized carbons (Fsp3) is 0.222. The van der Waals surface area contributed by atoms with Crippen LogP contribution in [0.25, 0.3) is 5.57 Å². The van der Waals surface area contributed by atoms with E-state index in [-0.39, 0.29) is 0 Å². The van der Waals surface area contributed by atoms with Gasteiger partial charge in [-0.05, 0) is 54.8 Å². The molecule has 2 heteroatoms. The molecule has 2 aromatic rings. The van der Waals surface area contributed by atoms with Crippen molar-refractivity contribution in [2.24, 2.45) is 0 Å². The Morgan fingerprint density at radius 3 is 1.80 bits per heavy atom. The van der Waals surface area contributed by atoms with Gasteiger partial charge < -0.3 is 4.90 Å². The molecule has 0 spiro atoms. The average molecular weight is 330 g/mol. The molecule has 0 amide bonds. The molecular formula is C18H20BrN. The minimum atomic E-state index is 1.03. The first-order valence-corrected chi connectivity index (χ1v) is 7.75. The second-order valence-electron chi connectivity index (χ2n) is 4.70. The Kier molecular flexibility index (Phi) is 5.02. The van der Waals surface area contributed by atoms with Crippen LogP contribution in [0.5, 0.6) is 0 Å². The Balaban J connectivity index is 2.21. The zero-order chi connectivity index (χ0) is 14.5. The number of anilines is 1. The third-order valence-corrected chi connectivity index (χ3v) is 4.07. The quantitative estimate of drug-likeness (QED) is 0.714. The van der Waals surface area contributed by atoms with Gasteiger partial charge in [0.05, 0.1) is 0 Å². The highest BCUT2D eigenvalue weighted by molar-refractivity contribution is 9.10. The van der Waals surface area contributed by atoms with Gasteiger partial charge in [-0.1, -0.05) is 46.8 Å². The summed E-state index contributed by atoms with van der Waals surface area (Å²) in [6.45, 7) is 10.6. The Labute approximate surface area is 130 Å². The summed E-state index contributed by atoms with van der Waals surface area (Å²) in [7, 11) is 0. The number of nitrogens with zero attached hydrogens (tertiary/aromatic N) is 1. The number of hydrogen-bond acceptors (Lipinski definition) is 1. The summed E-state index contributed by atoms with van der Waals surface area (Å²) in [5.41, 5.74) is 4.65. The van der Waals surface area contributed by atoms with Gasteiger partial charge in [0.2, 0.25) is 0 Å². The summed E-state index contributed by atoms with van der Waals surface area (Å²) in [6.07, 6.45) is 0. The smallest absolute Gasteiger partial charge is 0.0366 e. The maximum Gasteiger partial charge on any atom is 0.0366 e. The van der Waals surface area contributed by atoms with E-state index >= 15 is 0 Å². The van der Waals surface area contributed by atoms with Crippen LogP contribution in [-0.2, 0) is 0 Å². The fourth-order valence-electron chi connectivity index (χ4n) is 2.28. The highest BCUT2D eigenvalue weighted by Gasteiger charge is 2.05. The van der Waals surface area contributed by atoms with Crippen molar-refractivity contribution in [1.82, 2.24) is 0 Å². The van der Waals surface area contributed by atoms with E-state index in [0.29, 0.717) is 0 Å². The monoisotopic (exact) mass is 329 g/mol. The van der Waals surface area contributed by atoms with Crippen LogP contribution in [-0.4, -0.2) is 13.1 Å². The molecule has 0 N–H and O–H groups in total. The van der Waals surface area contributed by atoms with E-state index in [2.05, 4.69) is 77.7 Å². The molecule has 0 fully saturated rings. The molecule has 20 heavy (non-hydrogen) atoms. The molecule has 2 rings (SSSR count). The van der Waals surface area contributed by atoms with E-state index in [1.54, 1.807) is 0 Å². The van der Waals surface area contributed by atoms with Gasteiger partial charge in [0.25, 0.3) is 0 Å². The molecule has 0 saturated carbocycles. The molecule has 0 radical (unpaired) electrons. The average Bonchev–Trinajstić information content (AvgIpc) is 2.49. The summed E-state index contributed by atoms with van der Waals surface area (Å²) in [6, 6.07) is 16.9. The van der Waals surface area contributed by atoms with E-state index in [1.807, 2.05) is 12.1 Å². The van der Waals surface area contributed by atoms with Crippen LogP contribution >= 0.6 is 15.9 Å². The van der Waals surface area contributed by atoms with Gasteiger partial charge in [0, 0.05) is 23.2 Å². The maximum atomic E-state index is 4.21. The molecule has 104 valence electrons. The van der Waals surface area contributed by atoms with Crippen molar-refractivity contribution in [3.8, 4) is 0 Å². The van der Waals surface area contributed by atoms with Crippen LogP contribution in [0.4, 0.5) is 5.69 Å². The molecule has 0 atom stereocenters. The number of rotatable bonds is 5. The Morgan fingerprint density at radius 1 is 0.900 bits per heavy atom. The van der Waals surface area contributed by atoms with Crippen LogP contribution in [0.2, 0.25) is 0 Å². The third-order valence-electron chi connectivity index (χ3n) is 3.54. The lowest BCUT2D eigenvalue weighted by Gasteiger charge is -2.21. The lowest BCUT2D eigenvalue weighted by Crippen LogP contribution is -2.21. The van der Waals surface area contributed by atoms with E-state index < -0.39 is 0 Å². The Hall–Kier alpha value is -1.54. The topological polar surface area (TPSA) is 3.24 Å². The van der Waals surface area contributed by atoms with Crippen LogP contribution in [0.1, 0.15) is 25.0 Å². The first-order chi connectivity index (χ1) is 9.65. The molecular weight excluding hydrogens is 310 g/mol. The van der Waals surface area contributed by atoms with Crippen molar-refractivity contribution >= 4 is 27.2 Å². The maximum absolute atomic E-state index is 4.21. The molecule has 1 nitrogen and oxygen atoms in total. The van der Waals surface area contributed by atoms with Gasteiger partial charge in [-0.2, -0.15) is 0 Å². The predicted octanol–water partition coefficient (Wildman–Crippen LogP) is 5.36. The molecule has 0 aliphatic heterocycles. The molecule has 2 aromatic carbocycles. The largest absolute Gasteiger partial charge is 0.372 e. The minimum absolute atomic E-state index is 1.03. The molecule has 0 saturated heterocycles. The van der Waals surface area contributed by atoms with Crippen molar-refractivity contribution in [3.63, 3.8) is 0 Å². The third kappa shape index (κ3) is 3.31. The Bertz CT molecular complexity index is 565. The second-order valence-corrected chi connectivity index (χ2v) is 5.62. The van der Waals surface area contributed by atoms with Gasteiger partial charge in [0.15, 0.2) is 0 Å². The normalized spacial score (nSPS) is 10.3. The fourth-order valence-corrected chi connectivity index (χ4v) is 2.54. The molecule has 0 unspecified atom stereocenters. The van der Waals surface area contributed by atoms with Crippen molar-refractivity contribution in [2.75, 3.05) is 18.0 Å². The number of hydrogen-bond donors (Lipinski definition) is 0. The van der Waals surface area contributed by atoms with Crippen molar-refractivity contribution in [1.29, 1.82) is 0 Å². The van der Waals surface area contributed by atoms with E-state index in [9.17, 15) is 0 Å². The lowest BCUT2D eigenvalue weighted by molar-refractivity contribution is 0.866. The Morgan fingerprint density at radius 2 is 1.35 bits per heavy atom. The second kappa shape index (κ2) is 6.76. The van der Waals surface area contributed by atoms with Gasteiger partial charge in [-0.3, -0.25) is 0 Å². The first kappa shape index (κ1) is 14.9. The number of halogens is 1. The van der Waals surface area contributed by atoms with E-state index in [1.165, 1.54) is 11.3 Å². The van der Waals surface area contributed by atoms with Gasteiger partial charge >= 0.3 is 0 Å². The first-order valence-electron chi connectivity index (χ1n) is 6.96. The highest BCUT2D eigenvalue weighted by atomic mass is 79.9. The SMILES string of the molecule is C=C(c1ccc(Br)cc1)c1ccc(N(CC)CC)cc1. The van der Waals surface area contributed by atoms with E-state index in [4.69, 9.17) is 0 Å². The molecule has 0 heterocycles. The van der Waals surface area contributed by atoms with E-state index in [0.717, 1.165) is 28.7 Å². The van der Waals surface area contributed by atoms with Crippen LogP contribution in [0.15, 0.2) is 59.6 Å². The summed E-state index contributed by atoms with van der Waals surface area (Å²) >= 11 is 3.46. The molecule has 0 aliphatic rings. The van der Waals surface area contributed by atoms with Crippen molar-refractivity contribution in [2.45, 2.75) is 13.8 Å².